The molecule has 0 saturated carbocycles. The topological polar surface area (TPSA) is 46.3 Å². The Kier molecular flexibility index (Phi) is 4.66. The summed E-state index contributed by atoms with van der Waals surface area (Å²) in [6.07, 6.45) is 7.05. The van der Waals surface area contributed by atoms with E-state index in [9.17, 15) is 4.79 Å². The largest absolute Gasteiger partial charge is 0.338 e. The van der Waals surface area contributed by atoms with Crippen LogP contribution in [0, 0.1) is 5.92 Å². The van der Waals surface area contributed by atoms with Crippen molar-refractivity contribution < 1.29 is 4.79 Å². The third kappa shape index (κ3) is 3.14. The summed E-state index contributed by atoms with van der Waals surface area (Å²) in [5.74, 6) is 0.410. The Labute approximate surface area is 86.0 Å². The summed E-state index contributed by atoms with van der Waals surface area (Å²) in [4.78, 5) is 13.8. The van der Waals surface area contributed by atoms with E-state index in [2.05, 4.69) is 12.2 Å². The smallest absolute Gasteiger partial charge is 0.225 e. The van der Waals surface area contributed by atoms with Gasteiger partial charge < -0.3 is 10.6 Å². The van der Waals surface area contributed by atoms with Crippen molar-refractivity contribution in [2.24, 2.45) is 11.7 Å². The summed E-state index contributed by atoms with van der Waals surface area (Å²) in [5, 5.41) is 0. The zero-order valence-electron chi connectivity index (χ0n) is 8.91. The highest BCUT2D eigenvalue weighted by Gasteiger charge is 2.19. The van der Waals surface area contributed by atoms with Crippen molar-refractivity contribution in [1.82, 2.24) is 4.90 Å². The number of nitrogens with two attached hydrogens (primary N) is 1. The zero-order valence-corrected chi connectivity index (χ0v) is 8.91. The van der Waals surface area contributed by atoms with Gasteiger partial charge in [0.2, 0.25) is 5.91 Å². The first-order chi connectivity index (χ1) is 6.75. The fourth-order valence-electron chi connectivity index (χ4n) is 1.70. The van der Waals surface area contributed by atoms with Gasteiger partial charge in [0.05, 0.1) is 0 Å². The van der Waals surface area contributed by atoms with Crippen molar-refractivity contribution in [2.45, 2.75) is 26.2 Å². The molecule has 2 N–H and O–H groups in total. The average Bonchev–Trinajstić information content (AvgIpc) is 2.26. The number of carbonyl (C=O) groups is 1. The fourth-order valence-corrected chi connectivity index (χ4v) is 1.70. The van der Waals surface area contributed by atoms with Crippen molar-refractivity contribution in [3.8, 4) is 0 Å². The molecule has 14 heavy (non-hydrogen) atoms. The minimum Gasteiger partial charge on any atom is -0.338 e. The first-order valence-corrected chi connectivity index (χ1v) is 5.39. The molecule has 80 valence electrons. The molecular weight excluding hydrogens is 176 g/mol. The van der Waals surface area contributed by atoms with Crippen LogP contribution >= 0.6 is 0 Å². The van der Waals surface area contributed by atoms with E-state index in [1.165, 1.54) is 0 Å². The number of hydrogen-bond acceptors (Lipinski definition) is 2. The minimum absolute atomic E-state index is 0.130. The molecule has 0 bridgehead atoms. The SMILES string of the molecule is CC(CCCN)C(=O)N1CC=CCC1. The molecule has 0 fully saturated rings. The summed E-state index contributed by atoms with van der Waals surface area (Å²) in [6.45, 7) is 4.34. The molecule has 1 heterocycles. The molecule has 1 aliphatic heterocycles. The van der Waals surface area contributed by atoms with E-state index in [0.29, 0.717) is 6.54 Å². The van der Waals surface area contributed by atoms with E-state index in [4.69, 9.17) is 5.73 Å². The van der Waals surface area contributed by atoms with Crippen LogP contribution in [0.2, 0.25) is 0 Å². The highest BCUT2D eigenvalue weighted by Crippen LogP contribution is 2.11. The lowest BCUT2D eigenvalue weighted by Gasteiger charge is -2.26. The molecule has 0 aromatic rings. The molecule has 0 radical (unpaired) electrons. The van der Waals surface area contributed by atoms with Gasteiger partial charge in [-0.3, -0.25) is 4.79 Å². The van der Waals surface area contributed by atoms with E-state index in [0.717, 1.165) is 32.4 Å². The van der Waals surface area contributed by atoms with E-state index in [1.54, 1.807) is 0 Å². The van der Waals surface area contributed by atoms with Crippen LogP contribution in [0.15, 0.2) is 12.2 Å². The van der Waals surface area contributed by atoms with Gasteiger partial charge in [0, 0.05) is 19.0 Å². The summed E-state index contributed by atoms with van der Waals surface area (Å²) < 4.78 is 0. The number of carbonyl (C=O) groups excluding carboxylic acids is 1. The molecule has 0 aromatic heterocycles. The van der Waals surface area contributed by atoms with Gasteiger partial charge in [-0.15, -0.1) is 0 Å². The first-order valence-electron chi connectivity index (χ1n) is 5.39. The molecule has 3 heteroatoms. The molecule has 0 saturated heterocycles. The molecule has 1 aliphatic rings. The minimum atomic E-state index is 0.130. The molecule has 1 unspecified atom stereocenters. The van der Waals surface area contributed by atoms with E-state index >= 15 is 0 Å². The molecule has 1 rings (SSSR count). The van der Waals surface area contributed by atoms with Crippen LogP contribution in [0.3, 0.4) is 0 Å². The lowest BCUT2D eigenvalue weighted by molar-refractivity contribution is -0.134. The van der Waals surface area contributed by atoms with Crippen molar-refractivity contribution in [2.75, 3.05) is 19.6 Å². The second-order valence-corrected chi connectivity index (χ2v) is 3.88. The molecule has 0 aliphatic carbocycles. The van der Waals surface area contributed by atoms with E-state index in [1.807, 2.05) is 11.8 Å². The van der Waals surface area contributed by atoms with Gasteiger partial charge in [0.15, 0.2) is 0 Å². The van der Waals surface area contributed by atoms with Gasteiger partial charge in [-0.2, -0.15) is 0 Å². The van der Waals surface area contributed by atoms with Crippen LogP contribution in [0.4, 0.5) is 0 Å². The van der Waals surface area contributed by atoms with Crippen LogP contribution in [0.5, 0.6) is 0 Å². The standard InChI is InChI=1S/C11H20N2O/c1-10(6-5-7-12)11(14)13-8-3-2-4-9-13/h2-3,10H,4-9,12H2,1H3. The first kappa shape index (κ1) is 11.2. The molecule has 0 aromatic carbocycles. The lowest BCUT2D eigenvalue weighted by atomic mass is 10.0. The summed E-state index contributed by atoms with van der Waals surface area (Å²) >= 11 is 0. The molecular formula is C11H20N2O. The van der Waals surface area contributed by atoms with Crippen molar-refractivity contribution in [3.63, 3.8) is 0 Å². The van der Waals surface area contributed by atoms with Gasteiger partial charge in [-0.1, -0.05) is 19.1 Å². The Balaban J connectivity index is 2.35. The van der Waals surface area contributed by atoms with Crippen LogP contribution in [-0.4, -0.2) is 30.4 Å². The van der Waals surface area contributed by atoms with Crippen molar-refractivity contribution in [3.05, 3.63) is 12.2 Å². The van der Waals surface area contributed by atoms with Gasteiger partial charge in [0.1, 0.15) is 0 Å². The Morgan fingerprint density at radius 3 is 2.93 bits per heavy atom. The van der Waals surface area contributed by atoms with Gasteiger partial charge in [-0.05, 0) is 25.8 Å². The monoisotopic (exact) mass is 196 g/mol. The number of hydrogen-bond donors (Lipinski definition) is 1. The fraction of sp³-hybridized carbons (Fsp3) is 0.727. The quantitative estimate of drug-likeness (QED) is 0.686. The van der Waals surface area contributed by atoms with Gasteiger partial charge in [-0.25, -0.2) is 0 Å². The van der Waals surface area contributed by atoms with E-state index in [-0.39, 0.29) is 11.8 Å². The molecule has 1 atom stereocenters. The second-order valence-electron chi connectivity index (χ2n) is 3.88. The number of amides is 1. The van der Waals surface area contributed by atoms with Crippen LogP contribution in [-0.2, 0) is 4.79 Å². The Hall–Kier alpha value is -0.830. The highest BCUT2D eigenvalue weighted by atomic mass is 16.2. The lowest BCUT2D eigenvalue weighted by Crippen LogP contribution is -2.37. The average molecular weight is 196 g/mol. The van der Waals surface area contributed by atoms with E-state index < -0.39 is 0 Å². The predicted octanol–water partition coefficient (Wildman–Crippen LogP) is 1.15. The number of rotatable bonds is 4. The highest BCUT2D eigenvalue weighted by molar-refractivity contribution is 5.78. The molecule has 0 spiro atoms. The third-order valence-electron chi connectivity index (χ3n) is 2.63. The third-order valence-corrected chi connectivity index (χ3v) is 2.63. The van der Waals surface area contributed by atoms with Crippen LogP contribution in [0.25, 0.3) is 0 Å². The Morgan fingerprint density at radius 2 is 2.36 bits per heavy atom. The maximum absolute atomic E-state index is 11.9. The predicted molar refractivity (Wildman–Crippen MR) is 57.8 cm³/mol. The van der Waals surface area contributed by atoms with Gasteiger partial charge in [0.25, 0.3) is 0 Å². The molecule has 1 amide bonds. The maximum atomic E-state index is 11.9. The van der Waals surface area contributed by atoms with Crippen molar-refractivity contribution >= 4 is 5.91 Å². The normalized spacial score (nSPS) is 18.3. The summed E-state index contributed by atoms with van der Waals surface area (Å²) in [7, 11) is 0. The summed E-state index contributed by atoms with van der Waals surface area (Å²) in [6, 6.07) is 0. The maximum Gasteiger partial charge on any atom is 0.225 e. The second kappa shape index (κ2) is 5.81. The van der Waals surface area contributed by atoms with Crippen LogP contribution in [0.1, 0.15) is 26.2 Å². The summed E-state index contributed by atoms with van der Waals surface area (Å²) in [5.41, 5.74) is 5.42. The number of nitrogens with zero attached hydrogens (tertiary/aromatic N) is 1. The van der Waals surface area contributed by atoms with Crippen LogP contribution < -0.4 is 5.73 Å². The Bertz CT molecular complexity index is 213. The zero-order chi connectivity index (χ0) is 10.4. The van der Waals surface area contributed by atoms with Gasteiger partial charge >= 0.3 is 0 Å². The molecule has 3 nitrogen and oxygen atoms in total. The Morgan fingerprint density at radius 1 is 1.57 bits per heavy atom. The van der Waals surface area contributed by atoms with Crippen molar-refractivity contribution in [1.29, 1.82) is 0 Å².